The number of carbonyl (C=O) groups excluding carboxylic acids is 1. The average molecular weight is 283 g/mol. The molecule has 0 atom stereocenters. The van der Waals surface area contributed by atoms with Crippen molar-refractivity contribution in [2.24, 2.45) is 12.9 Å². The number of hydrogen-bond acceptors (Lipinski definition) is 6. The normalized spacial score (nSPS) is 10.6. The second-order valence-electron chi connectivity index (χ2n) is 3.62. The number of nitrogens with two attached hydrogens (primary N) is 1. The van der Waals surface area contributed by atoms with E-state index in [1.807, 2.05) is 24.6 Å². The largest absolute Gasteiger partial charge is 0.309 e. The number of carbonyl (C=O) groups is 1. The number of thioether (sulfide) groups is 1. The average Bonchev–Trinajstić information content (AvgIpc) is 2.96. The summed E-state index contributed by atoms with van der Waals surface area (Å²) < 4.78 is 1.94. The van der Waals surface area contributed by atoms with Crippen molar-refractivity contribution in [3.63, 3.8) is 0 Å². The highest BCUT2D eigenvalue weighted by molar-refractivity contribution is 7.98. The molecule has 0 radical (unpaired) electrons. The third-order valence-electron chi connectivity index (χ3n) is 2.41. The quantitative estimate of drug-likeness (QED) is 0.379. The number of rotatable bonds is 4. The Morgan fingerprint density at radius 3 is 2.94 bits per heavy atom. The first-order chi connectivity index (χ1) is 8.61. The van der Waals surface area contributed by atoms with Crippen LogP contribution in [0.5, 0.6) is 0 Å². The zero-order valence-corrected chi connectivity index (χ0v) is 11.6. The van der Waals surface area contributed by atoms with Gasteiger partial charge in [0.05, 0.1) is 4.88 Å². The standard InChI is InChI=1S/C10H13N5OS2/c1-6-13-14-10(15(6)2)17-5-7-3-4-8(18-7)9(16)12-11/h3-4H,5,11H2,1-2H3,(H,12,16). The summed E-state index contributed by atoms with van der Waals surface area (Å²) in [6, 6.07) is 3.69. The maximum atomic E-state index is 11.3. The van der Waals surface area contributed by atoms with E-state index in [1.165, 1.54) is 11.3 Å². The molecule has 0 aliphatic rings. The molecule has 0 saturated carbocycles. The van der Waals surface area contributed by atoms with Crippen LogP contribution in [-0.4, -0.2) is 20.7 Å². The number of hydrogen-bond donors (Lipinski definition) is 2. The van der Waals surface area contributed by atoms with Gasteiger partial charge in [-0.15, -0.1) is 21.5 Å². The van der Waals surface area contributed by atoms with Crippen LogP contribution in [0.2, 0.25) is 0 Å². The van der Waals surface area contributed by atoms with Crippen LogP contribution in [0.15, 0.2) is 17.3 Å². The highest BCUT2D eigenvalue weighted by Crippen LogP contribution is 2.25. The van der Waals surface area contributed by atoms with Gasteiger partial charge < -0.3 is 4.57 Å². The van der Waals surface area contributed by atoms with Crippen LogP contribution in [0.3, 0.4) is 0 Å². The number of nitrogen functional groups attached to an aromatic ring is 1. The summed E-state index contributed by atoms with van der Waals surface area (Å²) >= 11 is 3.02. The van der Waals surface area contributed by atoms with E-state index in [0.717, 1.165) is 21.6 Å². The molecule has 3 N–H and O–H groups in total. The summed E-state index contributed by atoms with van der Waals surface area (Å²) in [5, 5.41) is 8.93. The van der Waals surface area contributed by atoms with Gasteiger partial charge in [-0.05, 0) is 19.1 Å². The monoisotopic (exact) mass is 283 g/mol. The minimum absolute atomic E-state index is 0.259. The molecule has 1 amide bonds. The van der Waals surface area contributed by atoms with Gasteiger partial charge in [-0.1, -0.05) is 11.8 Å². The van der Waals surface area contributed by atoms with Gasteiger partial charge in [-0.25, -0.2) is 5.84 Å². The van der Waals surface area contributed by atoms with E-state index in [0.29, 0.717) is 4.88 Å². The van der Waals surface area contributed by atoms with Gasteiger partial charge in [0.2, 0.25) is 0 Å². The maximum Gasteiger partial charge on any atom is 0.275 e. The van der Waals surface area contributed by atoms with E-state index in [1.54, 1.807) is 17.8 Å². The minimum Gasteiger partial charge on any atom is -0.309 e. The molecule has 2 heterocycles. The molecule has 2 rings (SSSR count). The molecular formula is C10H13N5OS2. The molecule has 0 aliphatic heterocycles. The molecule has 96 valence electrons. The predicted octanol–water partition coefficient (Wildman–Crippen LogP) is 1.08. The van der Waals surface area contributed by atoms with E-state index >= 15 is 0 Å². The Morgan fingerprint density at radius 1 is 1.56 bits per heavy atom. The molecule has 2 aromatic rings. The first-order valence-corrected chi connectivity index (χ1v) is 7.00. The fourth-order valence-electron chi connectivity index (χ4n) is 1.30. The van der Waals surface area contributed by atoms with Crippen molar-refractivity contribution in [2.45, 2.75) is 17.8 Å². The van der Waals surface area contributed by atoms with Crippen LogP contribution in [0, 0.1) is 6.92 Å². The number of nitrogens with zero attached hydrogens (tertiary/aromatic N) is 3. The fourth-order valence-corrected chi connectivity index (χ4v) is 3.21. The SMILES string of the molecule is Cc1nnc(SCc2ccc(C(=O)NN)s2)n1C. The van der Waals surface area contributed by atoms with Gasteiger partial charge >= 0.3 is 0 Å². The molecule has 2 aromatic heterocycles. The van der Waals surface area contributed by atoms with E-state index < -0.39 is 0 Å². The minimum atomic E-state index is -0.259. The van der Waals surface area contributed by atoms with Gasteiger partial charge in [0.25, 0.3) is 5.91 Å². The molecule has 0 spiro atoms. The Labute approximate surface area is 113 Å². The van der Waals surface area contributed by atoms with Crippen LogP contribution >= 0.6 is 23.1 Å². The van der Waals surface area contributed by atoms with Crippen molar-refractivity contribution in [2.75, 3.05) is 0 Å². The summed E-state index contributed by atoms with van der Waals surface area (Å²) in [6.07, 6.45) is 0. The Balaban J connectivity index is 2.00. The Kier molecular flexibility index (Phi) is 4.00. The molecule has 0 saturated heterocycles. The van der Waals surface area contributed by atoms with Crippen molar-refractivity contribution < 1.29 is 4.79 Å². The fraction of sp³-hybridized carbons (Fsp3) is 0.300. The van der Waals surface area contributed by atoms with E-state index in [9.17, 15) is 4.79 Å². The lowest BCUT2D eigenvalue weighted by Gasteiger charge is -1.99. The third kappa shape index (κ3) is 2.71. The highest BCUT2D eigenvalue weighted by Gasteiger charge is 2.10. The summed E-state index contributed by atoms with van der Waals surface area (Å²) in [5.41, 5.74) is 2.12. The molecule has 0 fully saturated rings. The second-order valence-corrected chi connectivity index (χ2v) is 5.73. The van der Waals surface area contributed by atoms with Gasteiger partial charge in [-0.3, -0.25) is 10.2 Å². The van der Waals surface area contributed by atoms with Crippen LogP contribution in [-0.2, 0) is 12.8 Å². The van der Waals surface area contributed by atoms with Crippen molar-refractivity contribution in [1.29, 1.82) is 0 Å². The molecular weight excluding hydrogens is 270 g/mol. The first-order valence-electron chi connectivity index (χ1n) is 5.20. The maximum absolute atomic E-state index is 11.3. The Hall–Kier alpha value is -1.38. The highest BCUT2D eigenvalue weighted by atomic mass is 32.2. The van der Waals surface area contributed by atoms with E-state index in [4.69, 9.17) is 5.84 Å². The lowest BCUT2D eigenvalue weighted by Crippen LogP contribution is -2.29. The number of nitrogens with one attached hydrogen (secondary N) is 1. The molecule has 0 aromatic carbocycles. The third-order valence-corrected chi connectivity index (χ3v) is 4.75. The summed E-state index contributed by atoms with van der Waals surface area (Å²) in [4.78, 5) is 13.0. The van der Waals surface area contributed by atoms with Crippen molar-refractivity contribution in [3.05, 3.63) is 27.7 Å². The molecule has 8 heteroatoms. The number of aromatic nitrogens is 3. The zero-order valence-electron chi connectivity index (χ0n) is 10.0. The lowest BCUT2D eigenvalue weighted by atomic mass is 10.4. The van der Waals surface area contributed by atoms with Crippen LogP contribution in [0.25, 0.3) is 0 Å². The van der Waals surface area contributed by atoms with Gasteiger partial charge in [0, 0.05) is 17.7 Å². The van der Waals surface area contributed by atoms with E-state index in [2.05, 4.69) is 15.6 Å². The van der Waals surface area contributed by atoms with Gasteiger partial charge in [0.15, 0.2) is 5.16 Å². The van der Waals surface area contributed by atoms with Crippen LogP contribution in [0.1, 0.15) is 20.4 Å². The Morgan fingerprint density at radius 2 is 2.33 bits per heavy atom. The van der Waals surface area contributed by atoms with Crippen molar-refractivity contribution in [3.8, 4) is 0 Å². The summed E-state index contributed by atoms with van der Waals surface area (Å²) in [5.74, 6) is 6.46. The van der Waals surface area contributed by atoms with Crippen molar-refractivity contribution in [1.82, 2.24) is 20.2 Å². The van der Waals surface area contributed by atoms with Crippen LogP contribution in [0.4, 0.5) is 0 Å². The topological polar surface area (TPSA) is 85.8 Å². The second kappa shape index (κ2) is 5.51. The number of amides is 1. The summed E-state index contributed by atoms with van der Waals surface area (Å²) in [6.45, 7) is 1.91. The van der Waals surface area contributed by atoms with Gasteiger partial charge in [-0.2, -0.15) is 0 Å². The lowest BCUT2D eigenvalue weighted by molar-refractivity contribution is 0.0957. The molecule has 0 unspecified atom stereocenters. The Bertz CT molecular complexity index is 562. The molecule has 0 bridgehead atoms. The molecule has 18 heavy (non-hydrogen) atoms. The first kappa shape index (κ1) is 13.1. The zero-order chi connectivity index (χ0) is 13.1. The smallest absolute Gasteiger partial charge is 0.275 e. The molecule has 0 aliphatic carbocycles. The van der Waals surface area contributed by atoms with E-state index in [-0.39, 0.29) is 5.91 Å². The number of hydrazine groups is 1. The van der Waals surface area contributed by atoms with Crippen molar-refractivity contribution >= 4 is 29.0 Å². The number of aryl methyl sites for hydroxylation is 1. The predicted molar refractivity (Wildman–Crippen MR) is 71.3 cm³/mol. The molecule has 6 nitrogen and oxygen atoms in total. The summed E-state index contributed by atoms with van der Waals surface area (Å²) in [7, 11) is 1.93. The van der Waals surface area contributed by atoms with Crippen LogP contribution < -0.4 is 11.3 Å². The van der Waals surface area contributed by atoms with Gasteiger partial charge in [0.1, 0.15) is 5.82 Å². The number of thiophene rings is 1.